The van der Waals surface area contributed by atoms with Crippen LogP contribution in [0.4, 0.5) is 5.69 Å². The molecule has 4 nitrogen and oxygen atoms in total. The molecule has 5 heteroatoms. The van der Waals surface area contributed by atoms with Crippen LogP contribution in [-0.4, -0.2) is 30.6 Å². The largest absolute Gasteiger partial charge is 0.389 e. The second-order valence-corrected chi connectivity index (χ2v) is 5.33. The number of carbonyl (C=O) groups excluding carboxylic acids is 1. The van der Waals surface area contributed by atoms with Crippen molar-refractivity contribution in [3.8, 4) is 0 Å². The van der Waals surface area contributed by atoms with E-state index in [1.807, 2.05) is 18.2 Å². The third-order valence-corrected chi connectivity index (χ3v) is 3.74. The second-order valence-electron chi connectivity index (χ2n) is 4.47. The first kappa shape index (κ1) is 13.4. The summed E-state index contributed by atoms with van der Waals surface area (Å²) in [5.74, 6) is 0.106. The van der Waals surface area contributed by atoms with Gasteiger partial charge in [0.25, 0.3) is 0 Å². The van der Waals surface area contributed by atoms with Crippen LogP contribution in [-0.2, 0) is 4.79 Å². The molecule has 1 saturated heterocycles. The molecule has 0 aliphatic carbocycles. The van der Waals surface area contributed by atoms with E-state index in [4.69, 9.17) is 0 Å². The zero-order chi connectivity index (χ0) is 13.1. The molecule has 1 fully saturated rings. The molecule has 2 rings (SSSR count). The first-order valence-corrected chi connectivity index (χ1v) is 6.86. The molecular formula is C13H17BrN2O2. The van der Waals surface area contributed by atoms with Gasteiger partial charge in [-0.1, -0.05) is 6.07 Å². The van der Waals surface area contributed by atoms with Gasteiger partial charge < -0.3 is 15.3 Å². The van der Waals surface area contributed by atoms with Gasteiger partial charge in [0.05, 0.1) is 11.8 Å². The Hall–Kier alpha value is -1.07. The summed E-state index contributed by atoms with van der Waals surface area (Å²) in [5, 5.41) is 12.4. The summed E-state index contributed by atoms with van der Waals surface area (Å²) in [6, 6.07) is 5.84. The Balaban J connectivity index is 2.20. The van der Waals surface area contributed by atoms with Gasteiger partial charge in [0.2, 0.25) is 5.91 Å². The lowest BCUT2D eigenvalue weighted by atomic mass is 10.1. The molecule has 1 atom stereocenters. The molecule has 1 aliphatic rings. The molecule has 2 N–H and O–H groups in total. The van der Waals surface area contributed by atoms with E-state index in [1.54, 1.807) is 6.92 Å². The van der Waals surface area contributed by atoms with Crippen LogP contribution in [0.2, 0.25) is 0 Å². The lowest BCUT2D eigenvalue weighted by Crippen LogP contribution is -2.28. The predicted octanol–water partition coefficient (Wildman–Crippen LogP) is 1.83. The monoisotopic (exact) mass is 312 g/mol. The van der Waals surface area contributed by atoms with Crippen LogP contribution in [0, 0.1) is 0 Å². The Labute approximate surface area is 115 Å². The van der Waals surface area contributed by atoms with Gasteiger partial charge in [-0.25, -0.2) is 0 Å². The number of hydrogen-bond acceptors (Lipinski definition) is 3. The molecule has 18 heavy (non-hydrogen) atoms. The molecule has 1 aromatic rings. The van der Waals surface area contributed by atoms with Gasteiger partial charge in [-0.2, -0.15) is 0 Å². The van der Waals surface area contributed by atoms with Crippen LogP contribution < -0.4 is 10.2 Å². The van der Waals surface area contributed by atoms with E-state index < -0.39 is 6.10 Å². The van der Waals surface area contributed by atoms with E-state index in [0.717, 1.165) is 28.8 Å². The molecule has 1 heterocycles. The zero-order valence-corrected chi connectivity index (χ0v) is 11.9. The number of aliphatic hydroxyl groups excluding tert-OH is 1. The zero-order valence-electron chi connectivity index (χ0n) is 10.3. The minimum atomic E-state index is -0.470. The van der Waals surface area contributed by atoms with Crippen LogP contribution in [0.15, 0.2) is 22.7 Å². The van der Waals surface area contributed by atoms with Gasteiger partial charge in [0.1, 0.15) is 0 Å². The van der Waals surface area contributed by atoms with Crippen molar-refractivity contribution < 1.29 is 9.90 Å². The van der Waals surface area contributed by atoms with Gasteiger partial charge in [-0.05, 0) is 40.5 Å². The number of hydrogen-bond donors (Lipinski definition) is 2. The highest BCUT2D eigenvalue weighted by molar-refractivity contribution is 9.10. The maximum atomic E-state index is 11.3. The van der Waals surface area contributed by atoms with Crippen LogP contribution in [0.1, 0.15) is 25.0 Å². The summed E-state index contributed by atoms with van der Waals surface area (Å²) in [6.07, 6.45) is 0.0488. The Morgan fingerprint density at radius 1 is 1.44 bits per heavy atom. The third-order valence-electron chi connectivity index (χ3n) is 3.11. The molecule has 0 unspecified atom stereocenters. The lowest BCUT2D eigenvalue weighted by molar-refractivity contribution is -0.120. The smallest absolute Gasteiger partial charge is 0.221 e. The number of rotatable bonds is 2. The molecule has 98 valence electrons. The van der Waals surface area contributed by atoms with Crippen molar-refractivity contribution in [2.24, 2.45) is 0 Å². The molecule has 0 spiro atoms. The normalized spacial score (nSPS) is 18.2. The van der Waals surface area contributed by atoms with Crippen LogP contribution in [0.25, 0.3) is 0 Å². The number of benzene rings is 1. The van der Waals surface area contributed by atoms with Gasteiger partial charge >= 0.3 is 0 Å². The van der Waals surface area contributed by atoms with E-state index >= 15 is 0 Å². The first-order chi connectivity index (χ1) is 8.58. The van der Waals surface area contributed by atoms with Gasteiger partial charge in [-0.15, -0.1) is 0 Å². The maximum Gasteiger partial charge on any atom is 0.221 e. The topological polar surface area (TPSA) is 52.6 Å². The molecule has 0 radical (unpaired) electrons. The van der Waals surface area contributed by atoms with E-state index in [2.05, 4.69) is 26.1 Å². The van der Waals surface area contributed by atoms with Crippen LogP contribution in [0.5, 0.6) is 0 Å². The highest BCUT2D eigenvalue weighted by atomic mass is 79.9. The van der Waals surface area contributed by atoms with Crippen molar-refractivity contribution >= 4 is 27.5 Å². The van der Waals surface area contributed by atoms with E-state index in [9.17, 15) is 9.90 Å². The maximum absolute atomic E-state index is 11.3. The lowest BCUT2D eigenvalue weighted by Gasteiger charge is -2.23. The Kier molecular flexibility index (Phi) is 4.24. The Morgan fingerprint density at radius 2 is 2.22 bits per heavy atom. The summed E-state index contributed by atoms with van der Waals surface area (Å²) < 4.78 is 0.954. The summed E-state index contributed by atoms with van der Waals surface area (Å²) in [6.45, 7) is 3.94. The number of halogens is 1. The minimum Gasteiger partial charge on any atom is -0.389 e. The number of nitrogens with zero attached hydrogens (tertiary/aromatic N) is 1. The number of amides is 1. The summed E-state index contributed by atoms with van der Waals surface area (Å²) in [7, 11) is 0. The quantitative estimate of drug-likeness (QED) is 0.876. The Bertz CT molecular complexity index is 449. The number of carbonyl (C=O) groups is 1. The summed E-state index contributed by atoms with van der Waals surface area (Å²) in [5.41, 5.74) is 1.95. The predicted molar refractivity (Wildman–Crippen MR) is 74.6 cm³/mol. The average Bonchev–Trinajstić information content (AvgIpc) is 2.54. The van der Waals surface area contributed by atoms with Crippen molar-refractivity contribution in [2.45, 2.75) is 19.4 Å². The highest BCUT2D eigenvalue weighted by Gasteiger charge is 2.16. The molecule has 0 saturated carbocycles. The molecule has 1 amide bonds. The van der Waals surface area contributed by atoms with Gasteiger partial charge in [0, 0.05) is 30.5 Å². The number of nitrogens with one attached hydrogen (secondary N) is 1. The summed E-state index contributed by atoms with van der Waals surface area (Å²) >= 11 is 3.53. The summed E-state index contributed by atoms with van der Waals surface area (Å²) in [4.78, 5) is 13.5. The fraction of sp³-hybridized carbons (Fsp3) is 0.462. The second kappa shape index (κ2) is 5.71. The van der Waals surface area contributed by atoms with Crippen molar-refractivity contribution in [3.05, 3.63) is 28.2 Å². The van der Waals surface area contributed by atoms with E-state index in [-0.39, 0.29) is 5.91 Å². The fourth-order valence-electron chi connectivity index (χ4n) is 2.05. The van der Waals surface area contributed by atoms with Gasteiger partial charge in [-0.3, -0.25) is 4.79 Å². The fourth-order valence-corrected chi connectivity index (χ4v) is 2.69. The highest BCUT2D eigenvalue weighted by Crippen LogP contribution is 2.29. The van der Waals surface area contributed by atoms with Crippen molar-refractivity contribution in [1.82, 2.24) is 5.32 Å². The SMILES string of the molecule is C[C@H](O)c1ccc(N2CCNC(=O)CC2)c(Br)c1. The van der Waals surface area contributed by atoms with E-state index in [1.165, 1.54) is 0 Å². The molecule has 0 bridgehead atoms. The average molecular weight is 313 g/mol. The van der Waals surface area contributed by atoms with Gasteiger partial charge in [0.15, 0.2) is 0 Å². The standard InChI is InChI=1S/C13H17BrN2O2/c1-9(17)10-2-3-12(11(14)8-10)16-6-4-13(18)15-5-7-16/h2-3,8-9,17H,4-7H2,1H3,(H,15,18)/t9-/m0/s1. The molecule has 0 aromatic heterocycles. The number of aliphatic hydroxyl groups is 1. The van der Waals surface area contributed by atoms with E-state index in [0.29, 0.717) is 13.0 Å². The van der Waals surface area contributed by atoms with Crippen molar-refractivity contribution in [2.75, 3.05) is 24.5 Å². The minimum absolute atomic E-state index is 0.106. The van der Waals surface area contributed by atoms with Crippen molar-refractivity contribution in [3.63, 3.8) is 0 Å². The van der Waals surface area contributed by atoms with Crippen molar-refractivity contribution in [1.29, 1.82) is 0 Å². The molecule has 1 aliphatic heterocycles. The third kappa shape index (κ3) is 3.03. The van der Waals surface area contributed by atoms with Crippen LogP contribution >= 0.6 is 15.9 Å². The molecular weight excluding hydrogens is 296 g/mol. The number of anilines is 1. The molecule has 1 aromatic carbocycles. The Morgan fingerprint density at radius 3 is 2.89 bits per heavy atom. The first-order valence-electron chi connectivity index (χ1n) is 6.07. The van der Waals surface area contributed by atoms with Crippen LogP contribution in [0.3, 0.4) is 0 Å².